The number of nitrogens with zero attached hydrogens (tertiary/aromatic N) is 1. The third-order valence-electron chi connectivity index (χ3n) is 15.2. The first kappa shape index (κ1) is 41.8. The predicted octanol–water partition coefficient (Wildman–Crippen LogP) is 17.9. The first-order valence-corrected chi connectivity index (χ1v) is 25.8. The fraction of sp³-hybridized carbons (Fsp3) is 0.104. The Morgan fingerprint density at radius 3 is 1.69 bits per heavy atom. The summed E-state index contributed by atoms with van der Waals surface area (Å²) in [5.74, 6) is 0. The molecule has 0 saturated heterocycles. The lowest BCUT2D eigenvalue weighted by Gasteiger charge is -2.26. The summed E-state index contributed by atoms with van der Waals surface area (Å²) < 4.78 is 13.0. The van der Waals surface area contributed by atoms with Crippen LogP contribution < -0.4 is 15.5 Å². The number of benzene rings is 8. The molecule has 0 aliphatic heterocycles. The second-order valence-corrected chi connectivity index (χ2v) is 20.7. The minimum absolute atomic E-state index is 0.0715. The van der Waals surface area contributed by atoms with E-state index in [1.165, 1.54) is 64.9 Å². The topological polar surface area (TPSA) is 29.5 Å². The van der Waals surface area contributed by atoms with Crippen molar-refractivity contribution in [3.8, 4) is 54.9 Å². The monoisotopic (exact) mass is 931 g/mol. The van der Waals surface area contributed by atoms with E-state index in [9.17, 15) is 0 Å². The van der Waals surface area contributed by atoms with Crippen LogP contribution in [0, 0.1) is 0 Å². The van der Waals surface area contributed by atoms with Crippen molar-refractivity contribution in [3.05, 3.63) is 227 Å². The van der Waals surface area contributed by atoms with Gasteiger partial charge in [-0.05, 0) is 124 Å². The predicted molar refractivity (Wildman–Crippen MR) is 299 cm³/mol. The summed E-state index contributed by atoms with van der Waals surface area (Å²) in [4.78, 5) is 5.12. The van der Waals surface area contributed by atoms with E-state index in [4.69, 9.17) is 8.83 Å². The molecule has 11 aromatic rings. The van der Waals surface area contributed by atoms with Crippen molar-refractivity contribution in [1.29, 1.82) is 0 Å². The minimum Gasteiger partial charge on any atom is -0.456 e. The molecule has 71 heavy (non-hydrogen) atoms. The lowest BCUT2D eigenvalue weighted by Crippen LogP contribution is -2.21. The minimum atomic E-state index is -0.0715. The highest BCUT2D eigenvalue weighted by molar-refractivity contribution is 7.17. The molecule has 3 nitrogen and oxygen atoms in total. The van der Waals surface area contributed by atoms with Gasteiger partial charge in [-0.25, -0.2) is 0 Å². The number of rotatable bonds is 8. The number of hydrogen-bond donors (Lipinski definition) is 0. The van der Waals surface area contributed by atoms with Crippen molar-refractivity contribution < 1.29 is 8.83 Å². The van der Waals surface area contributed by atoms with Crippen LogP contribution in [0.4, 0.5) is 17.1 Å². The molecule has 0 spiro atoms. The zero-order valence-corrected chi connectivity index (χ0v) is 40.5. The highest BCUT2D eigenvalue weighted by atomic mass is 32.1. The molecule has 0 fully saturated rings. The van der Waals surface area contributed by atoms with Crippen LogP contribution >= 0.6 is 11.3 Å². The summed E-state index contributed by atoms with van der Waals surface area (Å²) in [6.45, 7) is 4.80. The molecule has 0 radical (unpaired) electrons. The van der Waals surface area contributed by atoms with Crippen molar-refractivity contribution >= 4 is 79.0 Å². The third kappa shape index (κ3) is 6.77. The molecule has 4 heteroatoms. The highest BCUT2D eigenvalue weighted by Gasteiger charge is 2.41. The van der Waals surface area contributed by atoms with Gasteiger partial charge in [0.2, 0.25) is 0 Å². The van der Waals surface area contributed by atoms with Gasteiger partial charge in [0.05, 0.1) is 0 Å². The molecular formula is C67H49NO2S. The average molecular weight is 932 g/mol. The molecule has 3 heterocycles. The van der Waals surface area contributed by atoms with Crippen LogP contribution in [0.1, 0.15) is 55.5 Å². The maximum Gasteiger partial charge on any atom is 0.143 e. The number of anilines is 3. The SMILES string of the molecule is CC1(C)c2ccccc2-c2c(-c3ccc(-c4ccc(N(c5ccc(-c6cccc7c8c(oc67)=CCCC=8)cc5)c5ccc(-c6cccc7c6oc6ccccc67)cc5)cc4)cc3)sc(C3=CCCC=C3)c21. The van der Waals surface area contributed by atoms with Crippen molar-refractivity contribution in [1.82, 2.24) is 0 Å². The van der Waals surface area contributed by atoms with Gasteiger partial charge in [-0.15, -0.1) is 11.3 Å². The van der Waals surface area contributed by atoms with Crippen LogP contribution in [0.2, 0.25) is 0 Å². The van der Waals surface area contributed by atoms with E-state index in [0.717, 1.165) is 97.9 Å². The van der Waals surface area contributed by atoms with Crippen LogP contribution in [0.3, 0.4) is 0 Å². The summed E-state index contributed by atoms with van der Waals surface area (Å²) in [6, 6.07) is 66.4. The Morgan fingerprint density at radius 2 is 1.00 bits per heavy atom. The number of hydrogen-bond acceptors (Lipinski definition) is 4. The smallest absolute Gasteiger partial charge is 0.143 e. The molecular weight excluding hydrogens is 883 g/mol. The molecule has 3 aliphatic carbocycles. The summed E-state index contributed by atoms with van der Waals surface area (Å²) in [5, 5.41) is 4.66. The molecule has 0 unspecified atom stereocenters. The van der Waals surface area contributed by atoms with Gasteiger partial charge in [0, 0.05) is 70.3 Å². The number of furan rings is 2. The summed E-state index contributed by atoms with van der Waals surface area (Å²) in [7, 11) is 0. The molecule has 3 aliphatic rings. The highest BCUT2D eigenvalue weighted by Crippen LogP contribution is 2.58. The lowest BCUT2D eigenvalue weighted by molar-refractivity contribution is 0.572. The Labute approximate surface area is 417 Å². The van der Waals surface area contributed by atoms with E-state index >= 15 is 0 Å². The molecule has 0 saturated carbocycles. The molecule has 0 N–H and O–H groups in total. The Hall–Kier alpha value is -8.18. The number of para-hydroxylation sites is 3. The van der Waals surface area contributed by atoms with Crippen molar-refractivity contribution in [2.24, 2.45) is 0 Å². The maximum absolute atomic E-state index is 6.51. The molecule has 340 valence electrons. The van der Waals surface area contributed by atoms with Crippen molar-refractivity contribution in [2.75, 3.05) is 4.90 Å². The zero-order chi connectivity index (χ0) is 47.2. The summed E-state index contributed by atoms with van der Waals surface area (Å²) in [6.07, 6.45) is 15.9. The van der Waals surface area contributed by atoms with Crippen molar-refractivity contribution in [2.45, 2.75) is 44.9 Å². The standard InChI is InChI=1S/C67H49NO2S/c1-67(2)58-23-9-6-18-57(58)61-62(67)66(46-14-4-3-5-15-46)71-65(61)47-28-26-42(27-29-47)43-30-36-48(37-31-43)68(49-38-32-44(33-39-49)51-19-12-21-55-53-16-7-10-24-59(53)69-63(51)55)50-40-34-45(35-41-50)52-20-13-22-56-54-17-8-11-25-60(54)70-64(52)56/h4,6-7,9-10,12-41H,3,5,8,11H2,1-2H3. The van der Waals surface area contributed by atoms with Gasteiger partial charge in [0.1, 0.15) is 22.2 Å². The fourth-order valence-corrected chi connectivity index (χ4v) is 13.2. The molecule has 0 amide bonds. The number of allylic oxidation sites excluding steroid dienone is 4. The molecule has 3 aromatic heterocycles. The third-order valence-corrected chi connectivity index (χ3v) is 16.5. The van der Waals surface area contributed by atoms with E-state index in [1.807, 2.05) is 23.5 Å². The zero-order valence-electron chi connectivity index (χ0n) is 39.7. The van der Waals surface area contributed by atoms with Gasteiger partial charge in [-0.3, -0.25) is 0 Å². The second kappa shape index (κ2) is 16.5. The average Bonchev–Trinajstić information content (AvgIpc) is 4.19. The Balaban J connectivity index is 0.824. The van der Waals surface area contributed by atoms with Crippen molar-refractivity contribution in [3.63, 3.8) is 0 Å². The van der Waals surface area contributed by atoms with Gasteiger partial charge in [0.25, 0.3) is 0 Å². The quantitative estimate of drug-likeness (QED) is 0.152. The van der Waals surface area contributed by atoms with Gasteiger partial charge in [0.15, 0.2) is 0 Å². The van der Waals surface area contributed by atoms with Crippen LogP contribution in [-0.4, -0.2) is 0 Å². The van der Waals surface area contributed by atoms with Gasteiger partial charge in [-0.1, -0.05) is 178 Å². The molecule has 14 rings (SSSR count). The second-order valence-electron chi connectivity index (χ2n) is 19.7. The number of fused-ring (bicyclic) bond motifs is 9. The van der Waals surface area contributed by atoms with Gasteiger partial charge >= 0.3 is 0 Å². The normalized spacial score (nSPS) is 14.5. The maximum atomic E-state index is 6.51. The molecule has 8 aromatic carbocycles. The van der Waals surface area contributed by atoms with Gasteiger partial charge < -0.3 is 13.7 Å². The van der Waals surface area contributed by atoms with E-state index < -0.39 is 0 Å². The van der Waals surface area contributed by atoms with Crippen LogP contribution in [0.25, 0.3) is 106 Å². The molecule has 0 bridgehead atoms. The Kier molecular flexibility index (Phi) is 9.69. The lowest BCUT2D eigenvalue weighted by atomic mass is 9.81. The van der Waals surface area contributed by atoms with E-state index in [0.29, 0.717) is 0 Å². The van der Waals surface area contributed by atoms with Crippen LogP contribution in [0.15, 0.2) is 209 Å². The summed E-state index contributed by atoms with van der Waals surface area (Å²) in [5.41, 5.74) is 22.0. The van der Waals surface area contributed by atoms with Gasteiger partial charge in [-0.2, -0.15) is 0 Å². The van der Waals surface area contributed by atoms with Crippen LogP contribution in [0.5, 0.6) is 0 Å². The number of thiophene rings is 1. The Bertz CT molecular complexity index is 4100. The fourth-order valence-electron chi connectivity index (χ4n) is 11.7. The Morgan fingerprint density at radius 1 is 0.451 bits per heavy atom. The van der Waals surface area contributed by atoms with E-state index in [-0.39, 0.29) is 5.41 Å². The van der Waals surface area contributed by atoms with E-state index in [2.05, 4.69) is 219 Å². The summed E-state index contributed by atoms with van der Waals surface area (Å²) >= 11 is 1.96. The van der Waals surface area contributed by atoms with E-state index in [1.54, 1.807) is 0 Å². The van der Waals surface area contributed by atoms with Crippen LogP contribution in [-0.2, 0) is 5.41 Å². The first-order chi connectivity index (χ1) is 35.0. The molecule has 0 atom stereocenters. The largest absolute Gasteiger partial charge is 0.456 e. The first-order valence-electron chi connectivity index (χ1n) is 24.9.